The molecule has 3 rings (SSSR count). The molecule has 1 heterocycles. The van der Waals surface area contributed by atoms with E-state index in [0.717, 1.165) is 17.1 Å². The molecule has 0 aliphatic carbocycles. The molecule has 0 spiro atoms. The molecule has 3 nitrogen and oxygen atoms in total. The molecule has 0 bridgehead atoms. The normalized spacial score (nSPS) is 10.3. The number of halogens is 2. The topological polar surface area (TPSA) is 21.7 Å². The van der Waals surface area contributed by atoms with E-state index in [0.29, 0.717) is 6.54 Å². The van der Waals surface area contributed by atoms with Gasteiger partial charge < -0.3 is 12.4 Å². The van der Waals surface area contributed by atoms with E-state index in [9.17, 15) is 0 Å². The van der Waals surface area contributed by atoms with Gasteiger partial charge in [-0.1, -0.05) is 54.1 Å². The molecule has 0 amide bonds. The molecular formula is C17H17Cl2N3. The number of nitrogens with zero attached hydrogens (tertiary/aromatic N) is 3. The summed E-state index contributed by atoms with van der Waals surface area (Å²) in [6.45, 7) is 3.64. The number of aromatic nitrogens is 3. The Morgan fingerprint density at radius 1 is 1.05 bits per heavy atom. The molecule has 1 aromatic heterocycles. The van der Waals surface area contributed by atoms with Crippen LogP contribution in [0.25, 0.3) is 0 Å². The van der Waals surface area contributed by atoms with Gasteiger partial charge in [-0.15, -0.1) is 4.68 Å². The van der Waals surface area contributed by atoms with Gasteiger partial charge >= 0.3 is 0 Å². The molecule has 22 heavy (non-hydrogen) atoms. The lowest BCUT2D eigenvalue weighted by molar-refractivity contribution is -0.689. The van der Waals surface area contributed by atoms with Crippen molar-refractivity contribution in [1.29, 1.82) is 0 Å². The van der Waals surface area contributed by atoms with Gasteiger partial charge in [-0.2, -0.15) is 0 Å². The SMILES string of the molecule is Cc1ccccc1C[n+]1cnn(Cc2ccccc2Cl)c1.[Cl-]. The van der Waals surface area contributed by atoms with E-state index in [1.807, 2.05) is 41.6 Å². The first-order valence-corrected chi connectivity index (χ1v) is 7.29. The lowest BCUT2D eigenvalue weighted by Gasteiger charge is -2.02. The zero-order valence-electron chi connectivity index (χ0n) is 12.3. The van der Waals surface area contributed by atoms with Gasteiger partial charge in [0.25, 0.3) is 6.33 Å². The Morgan fingerprint density at radius 2 is 1.73 bits per heavy atom. The summed E-state index contributed by atoms with van der Waals surface area (Å²) in [6.07, 6.45) is 3.86. The van der Waals surface area contributed by atoms with Crippen LogP contribution >= 0.6 is 11.6 Å². The molecule has 0 aliphatic rings. The van der Waals surface area contributed by atoms with Crippen molar-refractivity contribution in [1.82, 2.24) is 9.78 Å². The van der Waals surface area contributed by atoms with Crippen LogP contribution in [0.5, 0.6) is 0 Å². The van der Waals surface area contributed by atoms with Gasteiger partial charge in [-0.05, 0) is 24.1 Å². The second kappa shape index (κ2) is 7.43. The van der Waals surface area contributed by atoms with E-state index >= 15 is 0 Å². The van der Waals surface area contributed by atoms with E-state index in [1.165, 1.54) is 11.1 Å². The maximum absolute atomic E-state index is 6.18. The number of hydrogen-bond donors (Lipinski definition) is 0. The molecule has 0 aliphatic heterocycles. The largest absolute Gasteiger partial charge is 1.00 e. The van der Waals surface area contributed by atoms with Crippen LogP contribution < -0.4 is 17.0 Å². The van der Waals surface area contributed by atoms with Gasteiger partial charge in [0.1, 0.15) is 6.54 Å². The lowest BCUT2D eigenvalue weighted by atomic mass is 10.1. The third-order valence-corrected chi connectivity index (χ3v) is 3.90. The van der Waals surface area contributed by atoms with Crippen molar-refractivity contribution >= 4 is 11.6 Å². The zero-order chi connectivity index (χ0) is 14.7. The highest BCUT2D eigenvalue weighted by Gasteiger charge is 2.09. The van der Waals surface area contributed by atoms with E-state index in [1.54, 1.807) is 0 Å². The maximum Gasteiger partial charge on any atom is 0.265 e. The van der Waals surface area contributed by atoms with Crippen molar-refractivity contribution in [2.24, 2.45) is 0 Å². The Balaban J connectivity index is 0.00000176. The van der Waals surface area contributed by atoms with Crippen LogP contribution in [0.2, 0.25) is 5.02 Å². The monoisotopic (exact) mass is 333 g/mol. The summed E-state index contributed by atoms with van der Waals surface area (Å²) in [5.74, 6) is 0. The number of aryl methyl sites for hydroxylation is 1. The summed E-state index contributed by atoms with van der Waals surface area (Å²) in [5, 5.41) is 5.18. The van der Waals surface area contributed by atoms with Crippen LogP contribution in [-0.4, -0.2) is 9.78 Å². The smallest absolute Gasteiger partial charge is 0.265 e. The van der Waals surface area contributed by atoms with Crippen molar-refractivity contribution < 1.29 is 17.0 Å². The summed E-state index contributed by atoms with van der Waals surface area (Å²) >= 11 is 6.18. The fourth-order valence-electron chi connectivity index (χ4n) is 2.31. The number of benzene rings is 2. The second-order valence-electron chi connectivity index (χ2n) is 5.13. The standard InChI is InChI=1S/C17H17ClN3.ClH/c1-14-6-2-3-7-15(14)10-20-12-19-21(13-20)11-16-8-4-5-9-17(16)18;/h2-9,12-13H,10-11H2,1H3;1H/q+1;/p-1. The van der Waals surface area contributed by atoms with Gasteiger partial charge in [0, 0.05) is 15.7 Å². The highest BCUT2D eigenvalue weighted by atomic mass is 35.5. The minimum Gasteiger partial charge on any atom is -1.00 e. The number of rotatable bonds is 4. The van der Waals surface area contributed by atoms with E-state index in [4.69, 9.17) is 11.6 Å². The Labute approximate surface area is 141 Å². The summed E-state index contributed by atoms with van der Waals surface area (Å²) in [6, 6.07) is 16.3. The fourth-order valence-corrected chi connectivity index (χ4v) is 2.51. The average Bonchev–Trinajstić information content (AvgIpc) is 2.91. The van der Waals surface area contributed by atoms with E-state index in [-0.39, 0.29) is 12.4 Å². The van der Waals surface area contributed by atoms with Crippen LogP contribution in [0.4, 0.5) is 0 Å². The first-order chi connectivity index (χ1) is 10.2. The van der Waals surface area contributed by atoms with Gasteiger partial charge in [0.2, 0.25) is 6.33 Å². The third kappa shape index (κ3) is 3.87. The maximum atomic E-state index is 6.18. The zero-order valence-corrected chi connectivity index (χ0v) is 13.8. The molecule has 0 N–H and O–H groups in total. The Hall–Kier alpha value is -1.84. The predicted molar refractivity (Wildman–Crippen MR) is 83.3 cm³/mol. The van der Waals surface area contributed by atoms with Gasteiger partial charge in [-0.25, -0.2) is 4.57 Å². The molecule has 5 heteroatoms. The molecular weight excluding hydrogens is 317 g/mol. The highest BCUT2D eigenvalue weighted by Crippen LogP contribution is 2.15. The Bertz CT molecular complexity index is 691. The Kier molecular flexibility index (Phi) is 5.58. The van der Waals surface area contributed by atoms with E-state index < -0.39 is 0 Å². The number of hydrogen-bond acceptors (Lipinski definition) is 1. The van der Waals surface area contributed by atoms with Crippen LogP contribution in [0, 0.1) is 6.92 Å². The van der Waals surface area contributed by atoms with Crippen molar-refractivity contribution in [3.8, 4) is 0 Å². The highest BCUT2D eigenvalue weighted by molar-refractivity contribution is 6.31. The first kappa shape index (κ1) is 16.5. The van der Waals surface area contributed by atoms with E-state index in [2.05, 4.69) is 40.9 Å². The van der Waals surface area contributed by atoms with Crippen LogP contribution in [0.3, 0.4) is 0 Å². The minimum atomic E-state index is 0. The molecule has 0 saturated carbocycles. The average molecular weight is 334 g/mol. The molecule has 0 unspecified atom stereocenters. The van der Waals surface area contributed by atoms with Crippen LogP contribution in [0.1, 0.15) is 16.7 Å². The molecule has 3 aromatic rings. The molecule has 2 aromatic carbocycles. The third-order valence-electron chi connectivity index (χ3n) is 3.53. The molecule has 0 atom stereocenters. The van der Waals surface area contributed by atoms with Crippen LogP contribution in [0.15, 0.2) is 61.2 Å². The molecule has 114 valence electrons. The van der Waals surface area contributed by atoms with Crippen molar-refractivity contribution in [2.45, 2.75) is 20.0 Å². The predicted octanol–water partition coefficient (Wildman–Crippen LogP) is 0.233. The van der Waals surface area contributed by atoms with Gasteiger partial charge in [0.15, 0.2) is 0 Å². The molecule has 0 fully saturated rings. The summed E-state index contributed by atoms with van der Waals surface area (Å²) < 4.78 is 3.98. The first-order valence-electron chi connectivity index (χ1n) is 6.92. The lowest BCUT2D eigenvalue weighted by Crippen LogP contribution is -3.00. The van der Waals surface area contributed by atoms with Gasteiger partial charge in [-0.3, -0.25) is 0 Å². The summed E-state index contributed by atoms with van der Waals surface area (Å²) in [4.78, 5) is 0. The Morgan fingerprint density at radius 3 is 2.45 bits per heavy atom. The minimum absolute atomic E-state index is 0. The summed E-state index contributed by atoms with van der Waals surface area (Å²) in [7, 11) is 0. The van der Waals surface area contributed by atoms with Gasteiger partial charge in [0.05, 0.1) is 6.54 Å². The fraction of sp³-hybridized carbons (Fsp3) is 0.176. The summed E-state index contributed by atoms with van der Waals surface area (Å²) in [5.41, 5.74) is 3.67. The second-order valence-corrected chi connectivity index (χ2v) is 5.54. The quantitative estimate of drug-likeness (QED) is 0.626. The van der Waals surface area contributed by atoms with Crippen molar-refractivity contribution in [3.05, 3.63) is 82.9 Å². The van der Waals surface area contributed by atoms with Crippen LogP contribution in [-0.2, 0) is 13.1 Å². The molecule has 0 saturated heterocycles. The van der Waals surface area contributed by atoms with Crippen molar-refractivity contribution in [3.63, 3.8) is 0 Å². The van der Waals surface area contributed by atoms with Crippen molar-refractivity contribution in [2.75, 3.05) is 0 Å². The molecule has 0 radical (unpaired) electrons.